The molecule has 1 N–H and O–H groups in total. The van der Waals surface area contributed by atoms with E-state index in [1.165, 1.54) is 64.2 Å². The Kier molecular flexibility index (Phi) is 6.76. The van der Waals surface area contributed by atoms with Gasteiger partial charge in [0.2, 0.25) is 0 Å². The molecular formula is C19H32N2OS. The Hall–Kier alpha value is -0.610. The summed E-state index contributed by atoms with van der Waals surface area (Å²) in [7, 11) is 0. The van der Waals surface area contributed by atoms with Gasteiger partial charge in [0.1, 0.15) is 0 Å². The minimum Gasteiger partial charge on any atom is -0.376 e. The van der Waals surface area contributed by atoms with Crippen LogP contribution in [0.25, 0.3) is 0 Å². The summed E-state index contributed by atoms with van der Waals surface area (Å²) in [6.45, 7) is 2.98. The van der Waals surface area contributed by atoms with E-state index in [0.29, 0.717) is 12.1 Å². The molecule has 4 heteroatoms. The highest BCUT2D eigenvalue weighted by Crippen LogP contribution is 2.22. The number of thiocarbonyl (C=S) groups is 1. The maximum Gasteiger partial charge on any atom is 0.169 e. The Balaban J connectivity index is 1.55. The van der Waals surface area contributed by atoms with Crippen molar-refractivity contribution < 1.29 is 4.74 Å². The highest BCUT2D eigenvalue weighted by atomic mass is 32.1. The molecule has 1 heterocycles. The van der Waals surface area contributed by atoms with E-state index in [4.69, 9.17) is 17.0 Å². The summed E-state index contributed by atoms with van der Waals surface area (Å²) >= 11 is 5.80. The smallest absolute Gasteiger partial charge is 0.169 e. The molecule has 0 radical (unpaired) electrons. The molecule has 0 bridgehead atoms. The summed E-state index contributed by atoms with van der Waals surface area (Å²) in [4.78, 5) is 2.42. The molecule has 0 aromatic heterocycles. The fourth-order valence-electron chi connectivity index (χ4n) is 4.12. The molecule has 3 aliphatic rings. The zero-order valence-electron chi connectivity index (χ0n) is 14.3. The van der Waals surface area contributed by atoms with Crippen LogP contribution in [0.3, 0.4) is 0 Å². The lowest BCUT2D eigenvalue weighted by Gasteiger charge is -2.34. The third-order valence-corrected chi connectivity index (χ3v) is 5.90. The number of hydrogen-bond acceptors (Lipinski definition) is 2. The minimum absolute atomic E-state index is 0.375. The van der Waals surface area contributed by atoms with Crippen LogP contribution in [0.4, 0.5) is 0 Å². The molecule has 3 nitrogen and oxygen atoms in total. The number of allylic oxidation sites excluding steroid dienone is 2. The lowest BCUT2D eigenvalue weighted by Crippen LogP contribution is -2.49. The zero-order chi connectivity index (χ0) is 15.9. The minimum atomic E-state index is 0.375. The normalized spacial score (nSPS) is 28.7. The average molecular weight is 337 g/mol. The first kappa shape index (κ1) is 17.2. The predicted molar refractivity (Wildman–Crippen MR) is 99.6 cm³/mol. The van der Waals surface area contributed by atoms with Crippen molar-refractivity contribution in [3.05, 3.63) is 12.2 Å². The van der Waals surface area contributed by atoms with E-state index in [1.807, 2.05) is 0 Å². The first-order valence-electron chi connectivity index (χ1n) is 9.63. The van der Waals surface area contributed by atoms with E-state index in [2.05, 4.69) is 22.4 Å². The van der Waals surface area contributed by atoms with Gasteiger partial charge in [-0.05, 0) is 63.1 Å². The number of rotatable bonds is 5. The van der Waals surface area contributed by atoms with Crippen LogP contribution in [-0.2, 0) is 4.74 Å². The van der Waals surface area contributed by atoms with Gasteiger partial charge in [0.05, 0.1) is 6.10 Å². The molecule has 1 aliphatic heterocycles. The van der Waals surface area contributed by atoms with Gasteiger partial charge in [-0.1, -0.05) is 31.4 Å². The van der Waals surface area contributed by atoms with Crippen LogP contribution in [0.1, 0.15) is 64.2 Å². The van der Waals surface area contributed by atoms with Crippen molar-refractivity contribution in [2.45, 2.75) is 76.4 Å². The standard InChI is InChI=1S/C19H32N2OS/c23-19(20-17-10-5-2-6-11-17)21(15-18-12-7-13-22-18)14-16-8-3-1-4-9-16/h1,3,16-18H,2,4-15H2,(H,20,23)/t16-,18+/m1/s1. The lowest BCUT2D eigenvalue weighted by atomic mass is 9.93. The van der Waals surface area contributed by atoms with E-state index in [0.717, 1.165) is 30.7 Å². The molecule has 0 unspecified atom stereocenters. The molecule has 2 aliphatic carbocycles. The van der Waals surface area contributed by atoms with E-state index >= 15 is 0 Å². The van der Waals surface area contributed by atoms with Gasteiger partial charge in [0.15, 0.2) is 5.11 Å². The SMILES string of the molecule is S=C(NC1CCCCC1)N(C[C@@H]1CC=CCC1)C[C@@H]1CCCO1. The molecule has 2 fully saturated rings. The first-order chi connectivity index (χ1) is 11.3. The van der Waals surface area contributed by atoms with Crippen LogP contribution in [0.15, 0.2) is 12.2 Å². The number of hydrogen-bond donors (Lipinski definition) is 1. The Bertz CT molecular complexity index is 400. The number of ether oxygens (including phenoxy) is 1. The summed E-state index contributed by atoms with van der Waals surface area (Å²) < 4.78 is 5.87. The highest BCUT2D eigenvalue weighted by molar-refractivity contribution is 7.80. The van der Waals surface area contributed by atoms with Crippen molar-refractivity contribution in [2.75, 3.05) is 19.7 Å². The first-order valence-corrected chi connectivity index (χ1v) is 10.0. The van der Waals surface area contributed by atoms with Gasteiger partial charge in [0.25, 0.3) is 0 Å². The van der Waals surface area contributed by atoms with Gasteiger partial charge in [-0.3, -0.25) is 0 Å². The summed E-state index contributed by atoms with van der Waals surface area (Å²) in [6.07, 6.45) is 17.8. The Labute approximate surface area is 146 Å². The van der Waals surface area contributed by atoms with Crippen LogP contribution < -0.4 is 5.32 Å². The molecule has 1 saturated heterocycles. The fraction of sp³-hybridized carbons (Fsp3) is 0.842. The molecule has 3 rings (SSSR count). The second kappa shape index (κ2) is 9.03. The van der Waals surface area contributed by atoms with E-state index in [-0.39, 0.29) is 0 Å². The van der Waals surface area contributed by atoms with E-state index < -0.39 is 0 Å². The van der Waals surface area contributed by atoms with Crippen LogP contribution in [0, 0.1) is 5.92 Å². The third-order valence-electron chi connectivity index (χ3n) is 5.52. The second-order valence-electron chi connectivity index (χ2n) is 7.47. The molecule has 0 aromatic rings. The highest BCUT2D eigenvalue weighted by Gasteiger charge is 2.25. The fourth-order valence-corrected chi connectivity index (χ4v) is 4.44. The Morgan fingerprint density at radius 1 is 1.04 bits per heavy atom. The third kappa shape index (κ3) is 5.46. The molecule has 0 amide bonds. The molecular weight excluding hydrogens is 304 g/mol. The summed E-state index contributed by atoms with van der Waals surface area (Å²) in [5, 5.41) is 4.64. The van der Waals surface area contributed by atoms with Crippen molar-refractivity contribution in [3.63, 3.8) is 0 Å². The van der Waals surface area contributed by atoms with Crippen LogP contribution in [0.5, 0.6) is 0 Å². The van der Waals surface area contributed by atoms with Crippen LogP contribution in [0.2, 0.25) is 0 Å². The van der Waals surface area contributed by atoms with Crippen molar-refractivity contribution in [1.29, 1.82) is 0 Å². The quantitative estimate of drug-likeness (QED) is 0.605. The Morgan fingerprint density at radius 2 is 1.91 bits per heavy atom. The Morgan fingerprint density at radius 3 is 2.61 bits per heavy atom. The van der Waals surface area contributed by atoms with Gasteiger partial charge in [-0.25, -0.2) is 0 Å². The maximum absolute atomic E-state index is 5.87. The zero-order valence-corrected chi connectivity index (χ0v) is 15.2. The maximum atomic E-state index is 5.87. The second-order valence-corrected chi connectivity index (χ2v) is 7.86. The van der Waals surface area contributed by atoms with Crippen molar-refractivity contribution >= 4 is 17.3 Å². The molecule has 130 valence electrons. The van der Waals surface area contributed by atoms with Crippen molar-refractivity contribution in [1.82, 2.24) is 10.2 Å². The number of nitrogens with zero attached hydrogens (tertiary/aromatic N) is 1. The molecule has 23 heavy (non-hydrogen) atoms. The molecule has 0 aromatic carbocycles. The van der Waals surface area contributed by atoms with E-state index in [1.54, 1.807) is 0 Å². The van der Waals surface area contributed by atoms with Gasteiger partial charge < -0.3 is 15.0 Å². The largest absolute Gasteiger partial charge is 0.376 e. The summed E-state index contributed by atoms with van der Waals surface area (Å²) in [6, 6.07) is 0.592. The van der Waals surface area contributed by atoms with Gasteiger partial charge in [0, 0.05) is 25.7 Å². The number of nitrogens with one attached hydrogen (secondary N) is 1. The van der Waals surface area contributed by atoms with Crippen LogP contribution >= 0.6 is 12.2 Å². The average Bonchev–Trinajstić information content (AvgIpc) is 3.09. The van der Waals surface area contributed by atoms with Gasteiger partial charge in [-0.2, -0.15) is 0 Å². The lowest BCUT2D eigenvalue weighted by molar-refractivity contribution is 0.0871. The summed E-state index contributed by atoms with van der Waals surface area (Å²) in [5.41, 5.74) is 0. The monoisotopic (exact) mass is 336 g/mol. The molecule has 1 saturated carbocycles. The van der Waals surface area contributed by atoms with Crippen LogP contribution in [-0.4, -0.2) is 41.9 Å². The summed E-state index contributed by atoms with van der Waals surface area (Å²) in [5.74, 6) is 0.743. The molecule has 2 atom stereocenters. The van der Waals surface area contributed by atoms with Crippen molar-refractivity contribution in [3.8, 4) is 0 Å². The van der Waals surface area contributed by atoms with E-state index in [9.17, 15) is 0 Å². The predicted octanol–water partition coefficient (Wildman–Crippen LogP) is 4.03. The van der Waals surface area contributed by atoms with Gasteiger partial charge in [-0.15, -0.1) is 0 Å². The molecule has 0 spiro atoms. The van der Waals surface area contributed by atoms with Crippen molar-refractivity contribution in [2.24, 2.45) is 5.92 Å². The topological polar surface area (TPSA) is 24.5 Å². The van der Waals surface area contributed by atoms with Gasteiger partial charge >= 0.3 is 0 Å².